The van der Waals surface area contributed by atoms with E-state index >= 15 is 0 Å². The summed E-state index contributed by atoms with van der Waals surface area (Å²) in [7, 11) is 0. The number of hydrogen-bond donors (Lipinski definition) is 4. The maximum absolute atomic E-state index is 12.3. The maximum Gasteiger partial charge on any atom is 0.352 e. The first-order valence-corrected chi connectivity index (χ1v) is 8.56. The number of H-pyrrole nitrogens is 1. The molecule has 0 aliphatic carbocycles. The minimum absolute atomic E-state index is 0.00916. The van der Waals surface area contributed by atoms with Gasteiger partial charge in [-0.1, -0.05) is 15.9 Å². The van der Waals surface area contributed by atoms with Gasteiger partial charge in [0.15, 0.2) is 0 Å². The molecule has 7 nitrogen and oxygen atoms in total. The number of aromatic amines is 1. The lowest BCUT2D eigenvalue weighted by Gasteiger charge is -2.02. The Bertz CT molecular complexity index is 974. The monoisotopic (exact) mass is 418 g/mol. The van der Waals surface area contributed by atoms with Gasteiger partial charge >= 0.3 is 11.9 Å². The van der Waals surface area contributed by atoms with Crippen molar-refractivity contribution in [2.75, 3.05) is 5.32 Å². The van der Waals surface area contributed by atoms with Gasteiger partial charge in [-0.25, -0.2) is 4.79 Å². The van der Waals surface area contributed by atoms with Crippen LogP contribution in [0.5, 0.6) is 0 Å². The smallest absolute Gasteiger partial charge is 0.352 e. The lowest BCUT2D eigenvalue weighted by atomic mass is 10.0. The molecule has 0 saturated carbocycles. The summed E-state index contributed by atoms with van der Waals surface area (Å²) in [6.07, 6.45) is 1.60. The van der Waals surface area contributed by atoms with E-state index in [9.17, 15) is 19.5 Å². The highest BCUT2D eigenvalue weighted by Crippen LogP contribution is 2.36. The largest absolute Gasteiger partial charge is 0.481 e. The first kappa shape index (κ1) is 17.9. The molecule has 0 bridgehead atoms. The average molecular weight is 419 g/mol. The molecule has 0 radical (unpaired) electrons. The molecule has 1 aliphatic rings. The van der Waals surface area contributed by atoms with E-state index in [4.69, 9.17) is 5.11 Å². The van der Waals surface area contributed by atoms with E-state index in [1.807, 2.05) is 6.07 Å². The molecule has 4 N–H and O–H groups in total. The van der Waals surface area contributed by atoms with Gasteiger partial charge in [-0.05, 0) is 48.7 Å². The number of aliphatic carboxylic acids is 1. The van der Waals surface area contributed by atoms with Gasteiger partial charge in [0.25, 0.3) is 5.91 Å². The molecule has 1 aromatic heterocycles. The minimum atomic E-state index is -1.14. The van der Waals surface area contributed by atoms with Crippen LogP contribution in [-0.2, 0) is 16.0 Å². The first-order chi connectivity index (χ1) is 12.3. The van der Waals surface area contributed by atoms with Crippen molar-refractivity contribution in [3.8, 4) is 0 Å². The highest BCUT2D eigenvalue weighted by atomic mass is 79.9. The number of nitrogens with one attached hydrogen (secondary N) is 2. The summed E-state index contributed by atoms with van der Waals surface area (Å²) in [4.78, 5) is 37.5. The van der Waals surface area contributed by atoms with Gasteiger partial charge in [-0.15, -0.1) is 0 Å². The summed E-state index contributed by atoms with van der Waals surface area (Å²) in [5, 5.41) is 21.0. The van der Waals surface area contributed by atoms with E-state index in [-0.39, 0.29) is 24.4 Å². The van der Waals surface area contributed by atoms with Crippen molar-refractivity contribution in [3.63, 3.8) is 0 Å². The molecule has 1 aromatic carbocycles. The SMILES string of the molecule is Cc1c(C(=O)O)[nH]c(C=C2C(=O)Nc3ccc(Br)cc32)c1CCC(=O)O. The number of fused-ring (bicyclic) bond motifs is 1. The predicted octanol–water partition coefficient (Wildman–Crippen LogP) is 3.29. The van der Waals surface area contributed by atoms with Crippen LogP contribution in [0.25, 0.3) is 11.6 Å². The van der Waals surface area contributed by atoms with E-state index in [0.717, 1.165) is 4.47 Å². The standard InChI is InChI=1S/C18H15BrN2O5/c1-8-10(3-5-15(22)23)14(20-16(8)18(25)26)7-12-11-6-9(19)2-4-13(11)21-17(12)24/h2,4,6-7,20H,3,5H2,1H3,(H,21,24)(H,22,23)(H,25,26). The topological polar surface area (TPSA) is 119 Å². The van der Waals surface area contributed by atoms with Crippen LogP contribution in [0.2, 0.25) is 0 Å². The molecule has 1 aliphatic heterocycles. The number of carbonyl (C=O) groups is 3. The zero-order chi connectivity index (χ0) is 19.0. The molecule has 1 amide bonds. The van der Waals surface area contributed by atoms with Crippen LogP contribution in [0.1, 0.15) is 39.3 Å². The Labute approximate surface area is 156 Å². The van der Waals surface area contributed by atoms with Crippen LogP contribution < -0.4 is 5.32 Å². The average Bonchev–Trinajstić information content (AvgIpc) is 3.03. The van der Waals surface area contributed by atoms with E-state index in [2.05, 4.69) is 26.2 Å². The molecule has 0 atom stereocenters. The molecule has 8 heteroatoms. The van der Waals surface area contributed by atoms with Gasteiger partial charge in [0.2, 0.25) is 0 Å². The fourth-order valence-electron chi connectivity index (χ4n) is 3.00. The first-order valence-electron chi connectivity index (χ1n) is 7.77. The summed E-state index contributed by atoms with van der Waals surface area (Å²) < 4.78 is 0.804. The Balaban J connectivity index is 2.12. The summed E-state index contributed by atoms with van der Waals surface area (Å²) in [6.45, 7) is 1.62. The summed E-state index contributed by atoms with van der Waals surface area (Å²) >= 11 is 3.37. The number of hydrogen-bond acceptors (Lipinski definition) is 3. The van der Waals surface area contributed by atoms with Crippen molar-refractivity contribution >= 4 is 51.1 Å². The van der Waals surface area contributed by atoms with E-state index in [0.29, 0.717) is 33.6 Å². The third-order valence-corrected chi connectivity index (χ3v) is 4.76. The number of anilines is 1. The van der Waals surface area contributed by atoms with Crippen LogP contribution in [0.3, 0.4) is 0 Å². The summed E-state index contributed by atoms with van der Waals surface area (Å²) in [6, 6.07) is 5.37. The second kappa shape index (κ2) is 6.80. The van der Waals surface area contributed by atoms with E-state index in [1.165, 1.54) is 0 Å². The van der Waals surface area contributed by atoms with Crippen LogP contribution in [0, 0.1) is 6.92 Å². The van der Waals surface area contributed by atoms with Crippen LogP contribution >= 0.6 is 15.9 Å². The van der Waals surface area contributed by atoms with Crippen molar-refractivity contribution in [1.82, 2.24) is 4.98 Å². The molecule has 0 saturated heterocycles. The normalized spacial score (nSPS) is 14.4. The highest BCUT2D eigenvalue weighted by Gasteiger charge is 2.26. The van der Waals surface area contributed by atoms with E-state index in [1.54, 1.807) is 25.1 Å². The Hall–Kier alpha value is -2.87. The molecule has 0 fully saturated rings. The third kappa shape index (κ3) is 3.28. The van der Waals surface area contributed by atoms with Crippen LogP contribution in [0.4, 0.5) is 5.69 Å². The van der Waals surface area contributed by atoms with Crippen molar-refractivity contribution in [2.24, 2.45) is 0 Å². The minimum Gasteiger partial charge on any atom is -0.481 e. The second-order valence-electron chi connectivity index (χ2n) is 5.92. The Morgan fingerprint density at radius 2 is 2.00 bits per heavy atom. The number of carboxylic acid groups (broad SMARTS) is 2. The molecule has 134 valence electrons. The number of benzene rings is 1. The Morgan fingerprint density at radius 3 is 2.65 bits per heavy atom. The van der Waals surface area contributed by atoms with Gasteiger partial charge < -0.3 is 20.5 Å². The van der Waals surface area contributed by atoms with Gasteiger partial charge in [0.05, 0.1) is 5.57 Å². The molecule has 2 aromatic rings. The van der Waals surface area contributed by atoms with Crippen LogP contribution in [-0.4, -0.2) is 33.0 Å². The summed E-state index contributed by atoms with van der Waals surface area (Å²) in [5.41, 5.74) is 3.21. The fourth-order valence-corrected chi connectivity index (χ4v) is 3.36. The third-order valence-electron chi connectivity index (χ3n) is 4.27. The summed E-state index contributed by atoms with van der Waals surface area (Å²) in [5.74, 6) is -2.41. The number of aromatic carboxylic acids is 1. The van der Waals surface area contributed by atoms with Crippen molar-refractivity contribution in [3.05, 3.63) is 50.8 Å². The van der Waals surface area contributed by atoms with Gasteiger partial charge in [-0.2, -0.15) is 0 Å². The number of aromatic nitrogens is 1. The number of carbonyl (C=O) groups excluding carboxylic acids is 1. The molecule has 3 rings (SSSR count). The lowest BCUT2D eigenvalue weighted by molar-refractivity contribution is -0.137. The molecule has 2 heterocycles. The zero-order valence-electron chi connectivity index (χ0n) is 13.7. The number of amides is 1. The lowest BCUT2D eigenvalue weighted by Crippen LogP contribution is -2.04. The number of rotatable bonds is 5. The fraction of sp³-hybridized carbons (Fsp3) is 0.167. The zero-order valence-corrected chi connectivity index (χ0v) is 15.3. The molecule has 26 heavy (non-hydrogen) atoms. The van der Waals surface area contributed by atoms with Crippen LogP contribution in [0.15, 0.2) is 22.7 Å². The predicted molar refractivity (Wildman–Crippen MR) is 99.1 cm³/mol. The number of halogens is 1. The molecular formula is C18H15BrN2O5. The molecular weight excluding hydrogens is 404 g/mol. The van der Waals surface area contributed by atoms with Gasteiger partial charge in [0.1, 0.15) is 5.69 Å². The highest BCUT2D eigenvalue weighted by molar-refractivity contribution is 9.10. The van der Waals surface area contributed by atoms with E-state index < -0.39 is 11.9 Å². The van der Waals surface area contributed by atoms with Gasteiger partial charge in [-0.3, -0.25) is 9.59 Å². The Morgan fingerprint density at radius 1 is 1.27 bits per heavy atom. The quantitative estimate of drug-likeness (QED) is 0.555. The number of carboxylic acids is 2. The molecule has 0 unspecified atom stereocenters. The van der Waals surface area contributed by atoms with Gasteiger partial charge in [0, 0.05) is 27.8 Å². The maximum atomic E-state index is 12.3. The molecule has 0 spiro atoms. The van der Waals surface area contributed by atoms with Crippen molar-refractivity contribution in [2.45, 2.75) is 19.8 Å². The van der Waals surface area contributed by atoms with Crippen molar-refractivity contribution < 1.29 is 24.6 Å². The van der Waals surface area contributed by atoms with Crippen molar-refractivity contribution in [1.29, 1.82) is 0 Å². The Kier molecular flexibility index (Phi) is 4.69. The second-order valence-corrected chi connectivity index (χ2v) is 6.83.